The van der Waals surface area contributed by atoms with Gasteiger partial charge in [-0.05, 0) is 44.9 Å². The zero-order valence-electron chi connectivity index (χ0n) is 23.3. The molecular formula is C31H37F3N4. The third-order valence-electron chi connectivity index (χ3n) is 8.00. The fourth-order valence-corrected chi connectivity index (χ4v) is 5.39. The Morgan fingerprint density at radius 2 is 1.87 bits per heavy atom. The second-order valence-corrected chi connectivity index (χ2v) is 10.8. The number of fused-ring (bicyclic) bond motifs is 2. The van der Waals surface area contributed by atoms with Gasteiger partial charge in [-0.2, -0.15) is 0 Å². The molecule has 202 valence electrons. The third kappa shape index (κ3) is 4.26. The molecule has 1 aromatic heterocycles. The maximum atomic E-state index is 15.4. The molecule has 0 radical (unpaired) electrons. The third-order valence-corrected chi connectivity index (χ3v) is 8.00. The van der Waals surface area contributed by atoms with E-state index in [1.165, 1.54) is 26.0 Å². The van der Waals surface area contributed by atoms with Crippen molar-refractivity contribution in [2.24, 2.45) is 5.92 Å². The van der Waals surface area contributed by atoms with Crippen LogP contribution < -0.4 is 10.2 Å². The highest BCUT2D eigenvalue weighted by Gasteiger charge is 2.43. The van der Waals surface area contributed by atoms with Crippen LogP contribution in [0.4, 0.5) is 24.7 Å². The Morgan fingerprint density at radius 1 is 1.18 bits per heavy atom. The average molecular weight is 523 g/mol. The first-order chi connectivity index (χ1) is 17.7. The van der Waals surface area contributed by atoms with Crippen LogP contribution in [0, 0.1) is 18.7 Å². The topological polar surface area (TPSA) is 41.1 Å². The van der Waals surface area contributed by atoms with Crippen LogP contribution in [0.1, 0.15) is 76.0 Å². The molecule has 38 heavy (non-hydrogen) atoms. The fraction of sp³-hybridized carbons (Fsp3) is 0.419. The summed E-state index contributed by atoms with van der Waals surface area (Å²) >= 11 is 0. The molecule has 0 saturated heterocycles. The number of rotatable bonds is 8. The van der Waals surface area contributed by atoms with E-state index in [4.69, 9.17) is 0 Å². The molecule has 1 unspecified atom stereocenters. The quantitative estimate of drug-likeness (QED) is 0.301. The summed E-state index contributed by atoms with van der Waals surface area (Å²) in [7, 11) is 2.00. The van der Waals surface area contributed by atoms with Crippen molar-refractivity contribution in [2.45, 2.75) is 71.8 Å². The predicted molar refractivity (Wildman–Crippen MR) is 150 cm³/mol. The summed E-state index contributed by atoms with van der Waals surface area (Å²) < 4.78 is 44.9. The van der Waals surface area contributed by atoms with Crippen LogP contribution >= 0.6 is 0 Å². The molecule has 2 aromatic carbocycles. The van der Waals surface area contributed by atoms with Crippen molar-refractivity contribution in [1.29, 1.82) is 0 Å². The first-order valence-corrected chi connectivity index (χ1v) is 13.1. The van der Waals surface area contributed by atoms with Crippen molar-refractivity contribution >= 4 is 22.4 Å². The SMILES string of the molecule is C=C(CCC)C1(C)C(=C)N(C)c2cc3nc(C)nc(N[C@H](C)c4cccc(C(F)(F)C(C)C)c4F)c3cc21. The van der Waals surface area contributed by atoms with Crippen molar-refractivity contribution in [3.05, 3.63) is 83.1 Å². The number of nitrogens with one attached hydrogen (secondary N) is 1. The molecule has 2 heterocycles. The molecule has 3 aromatic rings. The molecule has 4 rings (SSSR count). The lowest BCUT2D eigenvalue weighted by molar-refractivity contribution is -0.0545. The van der Waals surface area contributed by atoms with Crippen molar-refractivity contribution < 1.29 is 13.2 Å². The number of likely N-dealkylation sites (N-methyl/N-ethyl adjacent to an activating group) is 1. The van der Waals surface area contributed by atoms with E-state index in [0.29, 0.717) is 11.6 Å². The molecule has 0 aliphatic carbocycles. The van der Waals surface area contributed by atoms with E-state index in [9.17, 15) is 8.78 Å². The number of benzene rings is 2. The number of halogens is 3. The van der Waals surface area contributed by atoms with Crippen LogP contribution in [0.3, 0.4) is 0 Å². The number of aromatic nitrogens is 2. The molecule has 1 N–H and O–H groups in total. The molecule has 1 aliphatic heterocycles. The van der Waals surface area contributed by atoms with Gasteiger partial charge in [0.15, 0.2) is 0 Å². The van der Waals surface area contributed by atoms with Gasteiger partial charge in [-0.15, -0.1) is 0 Å². The zero-order valence-corrected chi connectivity index (χ0v) is 23.3. The van der Waals surface area contributed by atoms with Crippen molar-refractivity contribution in [1.82, 2.24) is 9.97 Å². The minimum absolute atomic E-state index is 0.155. The smallest absolute Gasteiger partial charge is 0.278 e. The molecule has 7 heteroatoms. The van der Waals surface area contributed by atoms with Gasteiger partial charge in [0.1, 0.15) is 17.5 Å². The van der Waals surface area contributed by atoms with E-state index in [0.717, 1.165) is 52.3 Å². The summed E-state index contributed by atoms with van der Waals surface area (Å²) in [5.41, 5.74) is 3.93. The van der Waals surface area contributed by atoms with Gasteiger partial charge >= 0.3 is 0 Å². The van der Waals surface area contributed by atoms with Crippen LogP contribution in [-0.4, -0.2) is 17.0 Å². The number of anilines is 2. The Kier molecular flexibility index (Phi) is 7.10. The predicted octanol–water partition coefficient (Wildman–Crippen LogP) is 8.58. The monoisotopic (exact) mass is 522 g/mol. The molecular weight excluding hydrogens is 485 g/mol. The van der Waals surface area contributed by atoms with E-state index in [2.05, 4.69) is 53.3 Å². The summed E-state index contributed by atoms with van der Waals surface area (Å²) in [5, 5.41) is 4.06. The number of aryl methyl sites for hydroxylation is 1. The van der Waals surface area contributed by atoms with Crippen molar-refractivity contribution in [3.63, 3.8) is 0 Å². The lowest BCUT2D eigenvalue weighted by Gasteiger charge is -2.30. The fourth-order valence-electron chi connectivity index (χ4n) is 5.39. The van der Waals surface area contributed by atoms with Gasteiger partial charge in [0, 0.05) is 35.3 Å². The molecule has 2 atom stereocenters. The Balaban J connectivity index is 1.82. The number of alkyl halides is 2. The Labute approximate surface area is 223 Å². The standard InChI is InChI=1S/C31H37F3N4/c1-10-12-18(4)30(8)20(6)38(9)27-16-26-23(15-25(27)30)29(37-21(7)36-26)35-19(5)22-13-11-14-24(28(22)32)31(33,34)17(2)3/h11,13-17,19H,4,6,10,12H2,1-3,5,7-9H3,(H,35,36,37)/t19-,30?/m1/s1. The van der Waals surface area contributed by atoms with Gasteiger partial charge in [-0.25, -0.2) is 23.1 Å². The summed E-state index contributed by atoms with van der Waals surface area (Å²) in [6, 6.07) is 7.63. The second-order valence-electron chi connectivity index (χ2n) is 10.8. The van der Waals surface area contributed by atoms with Gasteiger partial charge in [0.05, 0.1) is 22.5 Å². The van der Waals surface area contributed by atoms with Crippen molar-refractivity contribution in [2.75, 3.05) is 17.3 Å². The molecule has 0 bridgehead atoms. The normalized spacial score (nSPS) is 18.3. The van der Waals surface area contributed by atoms with E-state index in [-0.39, 0.29) is 5.56 Å². The van der Waals surface area contributed by atoms with E-state index in [1.807, 2.05) is 13.1 Å². The first-order valence-electron chi connectivity index (χ1n) is 13.1. The van der Waals surface area contributed by atoms with Gasteiger partial charge in [-0.3, -0.25) is 0 Å². The molecule has 0 fully saturated rings. The number of nitrogens with zero attached hydrogens (tertiary/aromatic N) is 3. The van der Waals surface area contributed by atoms with Gasteiger partial charge < -0.3 is 10.2 Å². The maximum absolute atomic E-state index is 15.4. The minimum Gasteiger partial charge on any atom is -0.363 e. The summed E-state index contributed by atoms with van der Waals surface area (Å²) in [4.78, 5) is 11.4. The molecule has 0 amide bonds. The number of allylic oxidation sites excluding steroid dienone is 1. The number of hydrogen-bond acceptors (Lipinski definition) is 4. The van der Waals surface area contributed by atoms with E-state index >= 15 is 4.39 Å². The van der Waals surface area contributed by atoms with Gasteiger partial charge in [-0.1, -0.05) is 64.1 Å². The lowest BCUT2D eigenvalue weighted by Crippen LogP contribution is -2.27. The summed E-state index contributed by atoms with van der Waals surface area (Å²) in [5.74, 6) is -4.14. The summed E-state index contributed by atoms with van der Waals surface area (Å²) in [6.07, 6.45) is 1.84. The largest absolute Gasteiger partial charge is 0.363 e. The van der Waals surface area contributed by atoms with Crippen molar-refractivity contribution in [3.8, 4) is 0 Å². The van der Waals surface area contributed by atoms with Crippen LogP contribution in [0.15, 0.2) is 54.8 Å². The van der Waals surface area contributed by atoms with Gasteiger partial charge in [0.25, 0.3) is 5.92 Å². The highest BCUT2D eigenvalue weighted by Crippen LogP contribution is 2.52. The Morgan fingerprint density at radius 3 is 2.50 bits per heavy atom. The van der Waals surface area contributed by atoms with Crippen LogP contribution in [0.5, 0.6) is 0 Å². The Bertz CT molecular complexity index is 1430. The molecule has 4 nitrogen and oxygen atoms in total. The highest BCUT2D eigenvalue weighted by molar-refractivity contribution is 5.95. The Hall–Kier alpha value is -3.35. The number of hydrogen-bond donors (Lipinski definition) is 1. The summed E-state index contributed by atoms with van der Waals surface area (Å²) in [6.45, 7) is 19.4. The second kappa shape index (κ2) is 9.75. The van der Waals surface area contributed by atoms with Crippen LogP contribution in [0.2, 0.25) is 0 Å². The van der Waals surface area contributed by atoms with Gasteiger partial charge in [0.2, 0.25) is 0 Å². The van der Waals surface area contributed by atoms with Crippen LogP contribution in [0.25, 0.3) is 10.9 Å². The molecule has 0 saturated carbocycles. The van der Waals surface area contributed by atoms with E-state index in [1.54, 1.807) is 13.8 Å². The minimum atomic E-state index is -3.28. The van der Waals surface area contributed by atoms with Crippen LogP contribution in [-0.2, 0) is 11.3 Å². The molecule has 1 aliphatic rings. The average Bonchev–Trinajstić information content (AvgIpc) is 3.04. The lowest BCUT2D eigenvalue weighted by atomic mass is 9.74. The molecule has 0 spiro atoms. The highest BCUT2D eigenvalue weighted by atomic mass is 19.3. The maximum Gasteiger partial charge on any atom is 0.278 e. The zero-order chi connectivity index (χ0) is 28.2. The van der Waals surface area contributed by atoms with E-state index < -0.39 is 34.7 Å². The first kappa shape index (κ1) is 27.7.